The predicted octanol–water partition coefficient (Wildman–Crippen LogP) is 2.28. The summed E-state index contributed by atoms with van der Waals surface area (Å²) >= 11 is 0. The van der Waals surface area contributed by atoms with Gasteiger partial charge in [0.1, 0.15) is 17.3 Å². The highest BCUT2D eigenvalue weighted by Gasteiger charge is 2.44. The Morgan fingerprint density at radius 1 is 1.32 bits per heavy atom. The van der Waals surface area contributed by atoms with Crippen LogP contribution in [0.2, 0.25) is 0 Å². The fourth-order valence-electron chi connectivity index (χ4n) is 2.89. The lowest BCUT2D eigenvalue weighted by Crippen LogP contribution is -2.24. The summed E-state index contributed by atoms with van der Waals surface area (Å²) in [7, 11) is 2.82. The average Bonchev–Trinajstić information content (AvgIpc) is 2.86. The van der Waals surface area contributed by atoms with Crippen LogP contribution in [0.4, 0.5) is 4.39 Å². The predicted molar refractivity (Wildman–Crippen MR) is 87.3 cm³/mol. The van der Waals surface area contributed by atoms with Gasteiger partial charge in [0.05, 0.1) is 24.3 Å². The number of benzene rings is 1. The third kappa shape index (κ3) is 2.73. The van der Waals surface area contributed by atoms with Gasteiger partial charge in [-0.25, -0.2) is 4.39 Å². The monoisotopic (exact) mass is 342 g/mol. The van der Waals surface area contributed by atoms with Crippen LogP contribution in [0.25, 0.3) is 5.76 Å². The first-order valence-electron chi connectivity index (χ1n) is 7.44. The van der Waals surface area contributed by atoms with Crippen LogP contribution < -0.4 is 4.74 Å². The Morgan fingerprint density at radius 2 is 2.08 bits per heavy atom. The number of carbonyl (C=O) groups excluding carboxylic acids is 2. The topological polar surface area (TPSA) is 79.7 Å². The van der Waals surface area contributed by atoms with Crippen LogP contribution in [0, 0.1) is 5.82 Å². The van der Waals surface area contributed by atoms with Gasteiger partial charge in [-0.3, -0.25) is 14.6 Å². The van der Waals surface area contributed by atoms with Crippen molar-refractivity contribution in [3.05, 3.63) is 65.2 Å². The van der Waals surface area contributed by atoms with Crippen molar-refractivity contribution in [1.82, 2.24) is 9.88 Å². The summed E-state index contributed by atoms with van der Waals surface area (Å²) in [6, 6.07) is 6.10. The number of rotatable bonds is 3. The first-order valence-corrected chi connectivity index (χ1v) is 7.44. The number of Topliss-reactive ketones (excluding diaryl/α,β-unsaturated/α-hetero) is 1. The smallest absolute Gasteiger partial charge is 0.295 e. The maximum atomic E-state index is 13.6. The van der Waals surface area contributed by atoms with E-state index in [4.69, 9.17) is 4.74 Å². The largest absolute Gasteiger partial charge is 0.507 e. The molecular formula is C18H15FN2O4. The van der Waals surface area contributed by atoms with Crippen LogP contribution >= 0.6 is 0 Å². The van der Waals surface area contributed by atoms with Gasteiger partial charge in [-0.05, 0) is 29.8 Å². The molecule has 1 N–H and O–H groups in total. The van der Waals surface area contributed by atoms with E-state index in [2.05, 4.69) is 4.98 Å². The molecule has 25 heavy (non-hydrogen) atoms. The minimum absolute atomic E-state index is 0.00263. The fraction of sp³-hybridized carbons (Fsp3) is 0.167. The van der Waals surface area contributed by atoms with E-state index in [0.29, 0.717) is 5.56 Å². The molecule has 1 saturated heterocycles. The summed E-state index contributed by atoms with van der Waals surface area (Å²) in [5, 5.41) is 10.7. The molecule has 1 aromatic carbocycles. The zero-order valence-electron chi connectivity index (χ0n) is 13.6. The highest BCUT2D eigenvalue weighted by atomic mass is 19.1. The van der Waals surface area contributed by atoms with Crippen LogP contribution in [-0.4, -0.2) is 40.8 Å². The van der Waals surface area contributed by atoms with Crippen molar-refractivity contribution in [2.75, 3.05) is 14.2 Å². The molecule has 0 aliphatic carbocycles. The molecule has 3 rings (SSSR count). The second kappa shape index (κ2) is 6.35. The summed E-state index contributed by atoms with van der Waals surface area (Å²) in [5.74, 6) is -2.52. The van der Waals surface area contributed by atoms with E-state index in [1.165, 1.54) is 37.4 Å². The number of halogens is 1. The molecule has 1 aromatic heterocycles. The molecule has 1 aliphatic rings. The number of ether oxygens (including phenoxy) is 1. The number of amides is 1. The Labute approximate surface area is 143 Å². The third-order valence-corrected chi connectivity index (χ3v) is 4.09. The zero-order valence-corrected chi connectivity index (χ0v) is 13.6. The van der Waals surface area contributed by atoms with E-state index in [1.807, 2.05) is 0 Å². The van der Waals surface area contributed by atoms with Gasteiger partial charge in [-0.1, -0.05) is 6.07 Å². The first kappa shape index (κ1) is 16.6. The number of hydrogen-bond donors (Lipinski definition) is 1. The molecular weight excluding hydrogens is 327 g/mol. The van der Waals surface area contributed by atoms with Crippen molar-refractivity contribution in [2.24, 2.45) is 0 Å². The van der Waals surface area contributed by atoms with Gasteiger partial charge >= 0.3 is 0 Å². The standard InChI is InChI=1S/C18H15FN2O4/c1-21-15(10-4-3-7-20-9-10)14(17(23)18(21)24)16(22)12-8-11(19)5-6-13(12)25-2/h3-9,15,22H,1-2H3/b16-14+. The maximum absolute atomic E-state index is 13.6. The Kier molecular flexibility index (Phi) is 4.22. The molecule has 1 unspecified atom stereocenters. The molecule has 0 spiro atoms. The van der Waals surface area contributed by atoms with E-state index in [-0.39, 0.29) is 16.9 Å². The number of hydrogen-bond acceptors (Lipinski definition) is 5. The van der Waals surface area contributed by atoms with Crippen molar-refractivity contribution in [3.63, 3.8) is 0 Å². The van der Waals surface area contributed by atoms with E-state index in [1.54, 1.807) is 18.3 Å². The maximum Gasteiger partial charge on any atom is 0.295 e. The van der Waals surface area contributed by atoms with Crippen molar-refractivity contribution in [3.8, 4) is 5.75 Å². The van der Waals surface area contributed by atoms with Gasteiger partial charge in [0, 0.05) is 19.4 Å². The minimum Gasteiger partial charge on any atom is -0.507 e. The summed E-state index contributed by atoms with van der Waals surface area (Å²) in [4.78, 5) is 29.8. The SMILES string of the molecule is COc1ccc(F)cc1/C(O)=C1\C(=O)C(=O)N(C)C1c1cccnc1. The molecule has 1 amide bonds. The quantitative estimate of drug-likeness (QED) is 0.526. The number of aromatic nitrogens is 1. The number of likely N-dealkylation sites (N-methyl/N-ethyl adjacent to an activating group) is 1. The van der Waals surface area contributed by atoms with Gasteiger partial charge in [-0.2, -0.15) is 0 Å². The third-order valence-electron chi connectivity index (χ3n) is 4.09. The number of aliphatic hydroxyl groups excluding tert-OH is 1. The summed E-state index contributed by atoms with van der Waals surface area (Å²) in [6.45, 7) is 0. The van der Waals surface area contributed by atoms with E-state index < -0.39 is 29.3 Å². The highest BCUT2D eigenvalue weighted by Crippen LogP contribution is 2.39. The van der Waals surface area contributed by atoms with Crippen molar-refractivity contribution in [2.45, 2.75) is 6.04 Å². The lowest BCUT2D eigenvalue weighted by Gasteiger charge is -2.20. The molecule has 0 saturated carbocycles. The van der Waals surface area contributed by atoms with Crippen LogP contribution in [-0.2, 0) is 9.59 Å². The number of carbonyl (C=O) groups is 2. The summed E-state index contributed by atoms with van der Waals surface area (Å²) < 4.78 is 18.8. The molecule has 2 aromatic rings. The molecule has 128 valence electrons. The fourth-order valence-corrected chi connectivity index (χ4v) is 2.89. The number of ketones is 1. The van der Waals surface area contributed by atoms with Gasteiger partial charge in [0.2, 0.25) is 0 Å². The number of aliphatic hydroxyl groups is 1. The molecule has 0 radical (unpaired) electrons. The number of likely N-dealkylation sites (tertiary alicyclic amines) is 1. The van der Waals surface area contributed by atoms with Gasteiger partial charge in [-0.15, -0.1) is 0 Å². The lowest BCUT2D eigenvalue weighted by atomic mass is 9.96. The van der Waals surface area contributed by atoms with Crippen LogP contribution in [0.5, 0.6) is 5.75 Å². The number of nitrogens with zero attached hydrogens (tertiary/aromatic N) is 2. The molecule has 1 fully saturated rings. The minimum atomic E-state index is -0.847. The van der Waals surface area contributed by atoms with Crippen LogP contribution in [0.3, 0.4) is 0 Å². The van der Waals surface area contributed by atoms with Crippen molar-refractivity contribution >= 4 is 17.4 Å². The van der Waals surface area contributed by atoms with Crippen LogP contribution in [0.15, 0.2) is 48.3 Å². The zero-order chi connectivity index (χ0) is 18.1. The molecule has 2 heterocycles. The van der Waals surface area contributed by atoms with E-state index in [9.17, 15) is 19.1 Å². The molecule has 7 heteroatoms. The normalized spacial score (nSPS) is 19.3. The van der Waals surface area contributed by atoms with E-state index in [0.717, 1.165) is 6.07 Å². The average molecular weight is 342 g/mol. The number of pyridine rings is 1. The lowest BCUT2D eigenvalue weighted by molar-refractivity contribution is -0.139. The molecule has 0 bridgehead atoms. The second-order valence-corrected chi connectivity index (χ2v) is 5.54. The van der Waals surface area contributed by atoms with Gasteiger partial charge in [0.25, 0.3) is 11.7 Å². The Hall–Kier alpha value is -3.22. The first-order chi connectivity index (χ1) is 12.0. The van der Waals surface area contributed by atoms with Crippen molar-refractivity contribution in [1.29, 1.82) is 0 Å². The number of methoxy groups -OCH3 is 1. The Bertz CT molecular complexity index is 880. The summed E-state index contributed by atoms with van der Waals surface area (Å²) in [6.07, 6.45) is 3.06. The van der Waals surface area contributed by atoms with Gasteiger partial charge in [0.15, 0.2) is 0 Å². The second-order valence-electron chi connectivity index (χ2n) is 5.54. The molecule has 6 nitrogen and oxygen atoms in total. The molecule has 1 aliphatic heterocycles. The Morgan fingerprint density at radius 3 is 2.72 bits per heavy atom. The van der Waals surface area contributed by atoms with Crippen LogP contribution in [0.1, 0.15) is 17.2 Å². The van der Waals surface area contributed by atoms with Crippen molar-refractivity contribution < 1.29 is 23.8 Å². The Balaban J connectivity index is 2.24. The summed E-state index contributed by atoms with van der Waals surface area (Å²) in [5.41, 5.74) is 0.424. The molecule has 1 atom stereocenters. The van der Waals surface area contributed by atoms with Gasteiger partial charge < -0.3 is 14.7 Å². The highest BCUT2D eigenvalue weighted by molar-refractivity contribution is 6.46. The van der Waals surface area contributed by atoms with E-state index >= 15 is 0 Å².